The summed E-state index contributed by atoms with van der Waals surface area (Å²) in [5.41, 5.74) is 2.28. The highest BCUT2D eigenvalue weighted by atomic mass is 35.5. The van der Waals surface area contributed by atoms with Crippen LogP contribution in [0.2, 0.25) is 5.15 Å². The van der Waals surface area contributed by atoms with Crippen molar-refractivity contribution in [1.82, 2.24) is 14.5 Å². The highest BCUT2D eigenvalue weighted by molar-refractivity contribution is 6.30. The van der Waals surface area contributed by atoms with Gasteiger partial charge in [0, 0.05) is 12.0 Å². The van der Waals surface area contributed by atoms with Gasteiger partial charge in [-0.2, -0.15) is 0 Å². The summed E-state index contributed by atoms with van der Waals surface area (Å²) in [4.78, 5) is 21.6. The van der Waals surface area contributed by atoms with Gasteiger partial charge in [-0.05, 0) is 50.2 Å². The second-order valence-electron chi connectivity index (χ2n) is 8.35. The van der Waals surface area contributed by atoms with E-state index in [0.29, 0.717) is 17.5 Å². The average molecular weight is 349 g/mol. The van der Waals surface area contributed by atoms with Crippen molar-refractivity contribution in [3.63, 3.8) is 0 Å². The lowest BCUT2D eigenvalue weighted by atomic mass is 9.78. The third-order valence-electron chi connectivity index (χ3n) is 4.67. The maximum atomic E-state index is 12.4. The van der Waals surface area contributed by atoms with Gasteiger partial charge in [0.25, 0.3) is 0 Å². The zero-order valence-corrected chi connectivity index (χ0v) is 15.8. The Balaban J connectivity index is 2.06. The van der Waals surface area contributed by atoms with Crippen LogP contribution in [0.3, 0.4) is 0 Å². The first kappa shape index (κ1) is 17.2. The molecule has 0 atom stereocenters. The predicted octanol–water partition coefficient (Wildman–Crippen LogP) is 4.67. The number of halogens is 1. The number of hydrogen-bond donors (Lipinski definition) is 1. The number of anilines is 1. The fourth-order valence-electron chi connectivity index (χ4n) is 3.24. The highest BCUT2D eigenvalue weighted by Gasteiger charge is 2.38. The Morgan fingerprint density at radius 2 is 2.04 bits per heavy atom. The van der Waals surface area contributed by atoms with Crippen molar-refractivity contribution in [2.24, 2.45) is 5.41 Å². The van der Waals surface area contributed by atoms with Crippen LogP contribution in [0.5, 0.6) is 0 Å². The van der Waals surface area contributed by atoms with E-state index < -0.39 is 0 Å². The molecule has 0 spiro atoms. The number of nitrogens with one attached hydrogen (secondary N) is 1. The van der Waals surface area contributed by atoms with Crippen LogP contribution in [0, 0.1) is 12.3 Å². The molecule has 0 bridgehead atoms. The van der Waals surface area contributed by atoms with Crippen molar-refractivity contribution >= 4 is 34.6 Å². The minimum absolute atomic E-state index is 0.0233. The number of pyridine rings is 1. The number of hydrogen-bond acceptors (Lipinski definition) is 3. The molecular weight excluding hydrogens is 324 g/mol. The van der Waals surface area contributed by atoms with Crippen molar-refractivity contribution < 1.29 is 4.79 Å². The molecule has 0 saturated heterocycles. The molecule has 1 amide bonds. The summed E-state index contributed by atoms with van der Waals surface area (Å²) in [6.45, 7) is 10.2. The molecule has 0 unspecified atom stereocenters. The first-order valence-electron chi connectivity index (χ1n) is 8.45. The molecule has 3 rings (SSSR count). The molecule has 1 saturated carbocycles. The second-order valence-corrected chi connectivity index (χ2v) is 8.70. The van der Waals surface area contributed by atoms with Gasteiger partial charge in [0.05, 0.1) is 0 Å². The van der Waals surface area contributed by atoms with Gasteiger partial charge >= 0.3 is 0 Å². The van der Waals surface area contributed by atoms with Crippen molar-refractivity contribution in [3.8, 4) is 0 Å². The fraction of sp³-hybridized carbons (Fsp3) is 0.611. The van der Waals surface area contributed by atoms with Crippen LogP contribution in [-0.2, 0) is 10.3 Å². The van der Waals surface area contributed by atoms with E-state index in [0.717, 1.165) is 29.6 Å². The molecule has 6 heteroatoms. The number of carbonyl (C=O) groups excluding carboxylic acids is 1. The topological polar surface area (TPSA) is 59.8 Å². The van der Waals surface area contributed by atoms with Crippen molar-refractivity contribution in [2.75, 3.05) is 5.32 Å². The zero-order chi connectivity index (χ0) is 17.7. The summed E-state index contributed by atoms with van der Waals surface area (Å²) in [5.74, 6) is 0.556. The van der Waals surface area contributed by atoms with E-state index in [2.05, 4.69) is 26.8 Å². The van der Waals surface area contributed by atoms with Gasteiger partial charge in [-0.25, -0.2) is 9.97 Å². The Labute approximate surface area is 147 Å². The van der Waals surface area contributed by atoms with Crippen LogP contribution in [0.1, 0.15) is 58.9 Å². The predicted molar refractivity (Wildman–Crippen MR) is 97.5 cm³/mol. The molecule has 2 heterocycles. The lowest BCUT2D eigenvalue weighted by molar-refractivity contribution is -0.117. The number of carbonyl (C=O) groups is 1. The number of fused-ring (bicyclic) bond motifs is 1. The summed E-state index contributed by atoms with van der Waals surface area (Å²) in [6.07, 6.45) is 3.72. The third kappa shape index (κ3) is 3.14. The normalized spacial score (nSPS) is 16.9. The van der Waals surface area contributed by atoms with E-state index in [1.54, 1.807) is 0 Å². The second kappa shape index (κ2) is 5.73. The van der Waals surface area contributed by atoms with E-state index >= 15 is 0 Å². The first-order valence-corrected chi connectivity index (χ1v) is 8.83. The van der Waals surface area contributed by atoms with Gasteiger partial charge in [-0.1, -0.05) is 32.4 Å². The molecule has 0 radical (unpaired) electrons. The van der Waals surface area contributed by atoms with Gasteiger partial charge < -0.3 is 0 Å². The van der Waals surface area contributed by atoms with Gasteiger partial charge in [0.2, 0.25) is 11.9 Å². The number of rotatable bonds is 3. The summed E-state index contributed by atoms with van der Waals surface area (Å²) in [5, 5.41) is 3.48. The van der Waals surface area contributed by atoms with Gasteiger partial charge in [0.15, 0.2) is 5.65 Å². The van der Waals surface area contributed by atoms with Crippen LogP contribution in [-0.4, -0.2) is 20.4 Å². The summed E-state index contributed by atoms with van der Waals surface area (Å²) >= 11 is 6.23. The van der Waals surface area contributed by atoms with Gasteiger partial charge in [-0.15, -0.1) is 0 Å². The maximum Gasteiger partial charge on any atom is 0.227 e. The van der Waals surface area contributed by atoms with E-state index in [1.807, 2.05) is 33.8 Å². The van der Waals surface area contributed by atoms with E-state index in [9.17, 15) is 4.79 Å². The molecule has 130 valence electrons. The Bertz CT molecular complexity index is 799. The first-order chi connectivity index (χ1) is 11.1. The molecule has 0 aliphatic heterocycles. The number of aromatic nitrogens is 3. The molecule has 1 N–H and O–H groups in total. The van der Waals surface area contributed by atoms with Gasteiger partial charge in [-0.3, -0.25) is 14.7 Å². The molecule has 1 aliphatic rings. The molecule has 1 aliphatic carbocycles. The monoisotopic (exact) mass is 348 g/mol. The molecule has 2 aromatic heterocycles. The van der Waals surface area contributed by atoms with E-state index in [-0.39, 0.29) is 16.9 Å². The lowest BCUT2D eigenvalue weighted by Crippen LogP contribution is -2.38. The van der Waals surface area contributed by atoms with Crippen molar-refractivity contribution in [2.45, 2.75) is 65.8 Å². The largest absolute Gasteiger partial charge is 0.296 e. The third-order valence-corrected chi connectivity index (χ3v) is 5.06. The molecule has 1 fully saturated rings. The lowest BCUT2D eigenvalue weighted by Gasteiger charge is -2.40. The van der Waals surface area contributed by atoms with Crippen LogP contribution >= 0.6 is 11.6 Å². The molecule has 0 aromatic carbocycles. The number of imidazole rings is 1. The van der Waals surface area contributed by atoms with Crippen LogP contribution in [0.4, 0.5) is 5.95 Å². The summed E-state index contributed by atoms with van der Waals surface area (Å²) in [6, 6.07) is 1.93. The van der Waals surface area contributed by atoms with Crippen LogP contribution in [0.15, 0.2) is 6.07 Å². The Kier molecular flexibility index (Phi) is 4.11. The highest BCUT2D eigenvalue weighted by Crippen LogP contribution is 2.43. The zero-order valence-electron chi connectivity index (χ0n) is 15.0. The number of nitrogens with zero attached hydrogens (tertiary/aromatic N) is 3. The van der Waals surface area contributed by atoms with Gasteiger partial charge in [0.1, 0.15) is 10.7 Å². The molecule has 5 nitrogen and oxygen atoms in total. The quantitative estimate of drug-likeness (QED) is 0.820. The average Bonchev–Trinajstić information content (AvgIpc) is 2.71. The smallest absolute Gasteiger partial charge is 0.227 e. The fourth-order valence-corrected chi connectivity index (χ4v) is 3.37. The maximum absolute atomic E-state index is 12.4. The Morgan fingerprint density at radius 3 is 2.58 bits per heavy atom. The summed E-state index contributed by atoms with van der Waals surface area (Å²) < 4.78 is 2.07. The van der Waals surface area contributed by atoms with E-state index in [4.69, 9.17) is 11.6 Å². The van der Waals surface area contributed by atoms with Crippen LogP contribution < -0.4 is 5.32 Å². The summed E-state index contributed by atoms with van der Waals surface area (Å²) in [7, 11) is 0. The van der Waals surface area contributed by atoms with Crippen LogP contribution in [0.25, 0.3) is 11.2 Å². The Hall–Kier alpha value is -1.62. The minimum atomic E-state index is -0.0700. The molecule has 2 aromatic rings. The van der Waals surface area contributed by atoms with Crippen molar-refractivity contribution in [1.29, 1.82) is 0 Å². The Morgan fingerprint density at radius 1 is 1.38 bits per heavy atom. The number of amides is 1. The molecular formula is C18H25ClN4O. The van der Waals surface area contributed by atoms with Crippen molar-refractivity contribution in [3.05, 3.63) is 16.8 Å². The standard InChI is InChI=1S/C18H25ClN4O/c1-11-9-12-15(22-14(11)19)23(18(5)7-6-8-18)16(20-12)21-13(24)10-17(2,3)4/h9H,6-8,10H2,1-5H3,(H,20,21,24). The van der Waals surface area contributed by atoms with E-state index in [1.165, 1.54) is 6.42 Å². The SMILES string of the molecule is Cc1cc2nc(NC(=O)CC(C)(C)C)n(C3(C)CCC3)c2nc1Cl. The minimum Gasteiger partial charge on any atom is -0.296 e. The molecule has 24 heavy (non-hydrogen) atoms. The number of aryl methyl sites for hydroxylation is 1.